The highest BCUT2D eigenvalue weighted by atomic mass is 19.4. The van der Waals surface area contributed by atoms with Crippen LogP contribution in [0.4, 0.5) is 17.6 Å². The summed E-state index contributed by atoms with van der Waals surface area (Å²) in [4.78, 5) is 17.5. The monoisotopic (exact) mass is 437 g/mol. The number of fused-ring (bicyclic) bond motifs is 2. The zero-order valence-electron chi connectivity index (χ0n) is 16.2. The molecule has 3 aromatic rings. The Morgan fingerprint density at radius 3 is 2.71 bits per heavy atom. The lowest BCUT2D eigenvalue weighted by Gasteiger charge is -2.30. The topological polar surface area (TPSA) is 82.8 Å². The van der Waals surface area contributed by atoms with E-state index < -0.39 is 41.0 Å². The molecule has 0 radical (unpaired) electrons. The second-order valence-electron chi connectivity index (χ2n) is 7.36. The van der Waals surface area contributed by atoms with Crippen LogP contribution >= 0.6 is 0 Å². The normalized spacial score (nSPS) is 15.6. The van der Waals surface area contributed by atoms with Crippen molar-refractivity contribution in [3.63, 3.8) is 0 Å². The molecule has 0 fully saturated rings. The maximum absolute atomic E-state index is 14.4. The molecule has 31 heavy (non-hydrogen) atoms. The molecule has 0 saturated heterocycles. The number of rotatable bonds is 5. The van der Waals surface area contributed by atoms with E-state index in [1.54, 1.807) is 0 Å². The van der Waals surface area contributed by atoms with Crippen molar-refractivity contribution in [1.29, 1.82) is 0 Å². The third-order valence-corrected chi connectivity index (χ3v) is 5.11. The fourth-order valence-electron chi connectivity index (χ4n) is 3.57. The van der Waals surface area contributed by atoms with Gasteiger partial charge >= 0.3 is 6.18 Å². The summed E-state index contributed by atoms with van der Waals surface area (Å²) >= 11 is 0. The van der Waals surface area contributed by atoms with Gasteiger partial charge in [0.1, 0.15) is 5.69 Å². The molecule has 1 atom stereocenters. The molecule has 1 amide bonds. The third kappa shape index (κ3) is 4.52. The van der Waals surface area contributed by atoms with Crippen LogP contribution < -0.4 is 5.32 Å². The van der Waals surface area contributed by atoms with Crippen molar-refractivity contribution in [2.24, 2.45) is 0 Å². The molecule has 7 nitrogen and oxygen atoms in total. The number of β-amino-alcohol motifs (C(OH)–C–C–N with tert-alkyl or cyclic N) is 1. The lowest BCUT2D eigenvalue weighted by molar-refractivity contribution is -0.141. The number of carbonyl (C=O) groups is 1. The minimum absolute atomic E-state index is 0.161. The highest BCUT2D eigenvalue weighted by molar-refractivity contribution is 5.93. The van der Waals surface area contributed by atoms with Gasteiger partial charge in [0.25, 0.3) is 5.91 Å². The summed E-state index contributed by atoms with van der Waals surface area (Å²) in [7, 11) is 0. The summed E-state index contributed by atoms with van der Waals surface area (Å²) in [6.45, 7) is 1.58. The van der Waals surface area contributed by atoms with Crippen molar-refractivity contribution < 1.29 is 27.5 Å². The molecule has 1 aliphatic heterocycles. The SMILES string of the molecule is O=C(NCC(O)CN1CCc2ccccc2C1)c1nn2ccc(C(F)(F)F)nc2c1F. The van der Waals surface area contributed by atoms with Crippen molar-refractivity contribution in [3.8, 4) is 0 Å². The van der Waals surface area contributed by atoms with Crippen LogP contribution in [0.1, 0.15) is 27.3 Å². The van der Waals surface area contributed by atoms with Crippen molar-refractivity contribution in [2.45, 2.75) is 25.2 Å². The van der Waals surface area contributed by atoms with Crippen LogP contribution in [0.15, 0.2) is 36.5 Å². The first-order valence-electron chi connectivity index (χ1n) is 9.60. The first kappa shape index (κ1) is 21.2. The highest BCUT2D eigenvalue weighted by Crippen LogP contribution is 2.28. The number of aliphatic hydroxyl groups excluding tert-OH is 1. The number of nitrogens with one attached hydrogen (secondary N) is 1. The minimum atomic E-state index is -4.75. The summed E-state index contributed by atoms with van der Waals surface area (Å²) < 4.78 is 53.5. The Kier molecular flexibility index (Phi) is 5.63. The second kappa shape index (κ2) is 8.23. The Hall–Kier alpha value is -3.05. The first-order chi connectivity index (χ1) is 14.7. The number of hydrogen-bond acceptors (Lipinski definition) is 5. The molecule has 164 valence electrons. The fourth-order valence-corrected chi connectivity index (χ4v) is 3.57. The van der Waals surface area contributed by atoms with E-state index in [1.165, 1.54) is 11.1 Å². The number of hydrogen-bond donors (Lipinski definition) is 2. The van der Waals surface area contributed by atoms with Crippen molar-refractivity contribution >= 4 is 11.6 Å². The predicted molar refractivity (Wildman–Crippen MR) is 102 cm³/mol. The summed E-state index contributed by atoms with van der Waals surface area (Å²) in [6.07, 6.45) is -3.92. The summed E-state index contributed by atoms with van der Waals surface area (Å²) in [6, 6.07) is 8.67. The smallest absolute Gasteiger partial charge is 0.390 e. The van der Waals surface area contributed by atoms with E-state index in [-0.39, 0.29) is 6.54 Å². The van der Waals surface area contributed by atoms with Gasteiger partial charge in [-0.05, 0) is 23.6 Å². The lowest BCUT2D eigenvalue weighted by atomic mass is 10.00. The average molecular weight is 437 g/mol. The zero-order chi connectivity index (χ0) is 22.2. The van der Waals surface area contributed by atoms with E-state index in [9.17, 15) is 27.5 Å². The number of amides is 1. The van der Waals surface area contributed by atoms with Crippen LogP contribution in [0.25, 0.3) is 5.65 Å². The molecule has 1 aromatic carbocycles. The molecule has 2 aromatic heterocycles. The molecule has 4 rings (SSSR count). The van der Waals surface area contributed by atoms with Crippen molar-refractivity contribution in [2.75, 3.05) is 19.6 Å². The number of alkyl halides is 3. The van der Waals surface area contributed by atoms with Crippen molar-refractivity contribution in [1.82, 2.24) is 24.8 Å². The number of halogens is 4. The largest absolute Gasteiger partial charge is 0.433 e. The molecule has 0 aliphatic carbocycles. The predicted octanol–water partition coefficient (Wildman–Crippen LogP) is 2.04. The molecule has 0 spiro atoms. The highest BCUT2D eigenvalue weighted by Gasteiger charge is 2.34. The van der Waals surface area contributed by atoms with Crippen LogP contribution in [-0.4, -0.2) is 56.2 Å². The van der Waals surface area contributed by atoms with Gasteiger partial charge in [-0.1, -0.05) is 24.3 Å². The lowest BCUT2D eigenvalue weighted by Crippen LogP contribution is -2.42. The van der Waals surface area contributed by atoms with Gasteiger partial charge in [-0.25, -0.2) is 13.9 Å². The molecule has 11 heteroatoms. The standard InChI is InChI=1S/C20H19F4N5O2/c21-16-17(27-29-8-6-15(20(22,23)24)26-18(16)29)19(31)25-9-14(30)11-28-7-5-12-3-1-2-4-13(12)10-28/h1-4,6,8,14,30H,5,7,9-11H2,(H,25,31). The Balaban J connectivity index is 1.37. The Morgan fingerprint density at radius 1 is 1.23 bits per heavy atom. The molecular weight excluding hydrogens is 418 g/mol. The van der Waals surface area contributed by atoms with Crippen LogP contribution in [0.3, 0.4) is 0 Å². The quantitative estimate of drug-likeness (QED) is 0.597. The number of nitrogens with zero attached hydrogens (tertiary/aromatic N) is 4. The van der Waals surface area contributed by atoms with E-state index >= 15 is 0 Å². The molecule has 0 saturated carbocycles. The van der Waals surface area contributed by atoms with Crippen molar-refractivity contribution in [3.05, 3.63) is 64.9 Å². The van der Waals surface area contributed by atoms with E-state index in [4.69, 9.17) is 0 Å². The molecule has 1 aliphatic rings. The Bertz CT molecular complexity index is 1110. The zero-order valence-corrected chi connectivity index (χ0v) is 16.2. The fraction of sp³-hybridized carbons (Fsp3) is 0.350. The van der Waals surface area contributed by atoms with Crippen LogP contribution in [-0.2, 0) is 19.1 Å². The van der Waals surface area contributed by atoms with E-state index in [2.05, 4.69) is 21.5 Å². The van der Waals surface area contributed by atoms with Crippen LogP contribution in [0.2, 0.25) is 0 Å². The van der Waals surface area contributed by atoms with Gasteiger partial charge in [0, 0.05) is 32.4 Å². The van der Waals surface area contributed by atoms with Crippen LogP contribution in [0.5, 0.6) is 0 Å². The average Bonchev–Trinajstić information content (AvgIpc) is 3.07. The summed E-state index contributed by atoms with van der Waals surface area (Å²) in [5, 5.41) is 16.3. The molecule has 0 bridgehead atoms. The second-order valence-corrected chi connectivity index (χ2v) is 7.36. The number of benzene rings is 1. The number of carbonyl (C=O) groups excluding carboxylic acids is 1. The third-order valence-electron chi connectivity index (χ3n) is 5.11. The number of aliphatic hydroxyl groups is 1. The van der Waals surface area contributed by atoms with Gasteiger partial charge in [0.15, 0.2) is 11.3 Å². The van der Waals surface area contributed by atoms with E-state index in [1.807, 2.05) is 23.1 Å². The van der Waals surface area contributed by atoms with Gasteiger partial charge in [-0.2, -0.15) is 18.3 Å². The van der Waals surface area contributed by atoms with Gasteiger partial charge in [0.05, 0.1) is 6.10 Å². The van der Waals surface area contributed by atoms with E-state index in [0.717, 1.165) is 23.7 Å². The van der Waals surface area contributed by atoms with E-state index in [0.29, 0.717) is 19.2 Å². The first-order valence-corrected chi connectivity index (χ1v) is 9.60. The maximum Gasteiger partial charge on any atom is 0.433 e. The number of aromatic nitrogens is 3. The molecule has 2 N–H and O–H groups in total. The maximum atomic E-state index is 14.4. The summed E-state index contributed by atoms with van der Waals surface area (Å²) in [5.74, 6) is -2.20. The minimum Gasteiger partial charge on any atom is -0.390 e. The van der Waals surface area contributed by atoms with Gasteiger partial charge < -0.3 is 10.4 Å². The molecule has 1 unspecified atom stereocenters. The van der Waals surface area contributed by atoms with Crippen LogP contribution in [0, 0.1) is 5.82 Å². The molecular formula is C20H19F4N5O2. The Labute approximate surface area is 174 Å². The molecule has 3 heterocycles. The van der Waals surface area contributed by atoms with Gasteiger partial charge in [-0.3, -0.25) is 9.69 Å². The summed E-state index contributed by atoms with van der Waals surface area (Å²) in [5.41, 5.74) is -0.226. The Morgan fingerprint density at radius 2 is 1.97 bits per heavy atom. The van der Waals surface area contributed by atoms with Gasteiger partial charge in [-0.15, -0.1) is 0 Å². The van der Waals surface area contributed by atoms with Gasteiger partial charge in [0.2, 0.25) is 5.82 Å².